The molecule has 0 radical (unpaired) electrons. The Kier molecular flexibility index (Phi) is 8.83. The summed E-state index contributed by atoms with van der Waals surface area (Å²) in [5, 5.41) is 21.4. The van der Waals surface area contributed by atoms with Crippen LogP contribution in [0.2, 0.25) is 0 Å². The molecule has 1 aliphatic heterocycles. The van der Waals surface area contributed by atoms with Gasteiger partial charge >= 0.3 is 0 Å². The van der Waals surface area contributed by atoms with E-state index in [-0.39, 0.29) is 24.1 Å². The van der Waals surface area contributed by atoms with E-state index in [0.717, 1.165) is 11.6 Å². The van der Waals surface area contributed by atoms with E-state index in [1.807, 2.05) is 6.07 Å². The Balaban J connectivity index is 1.57. The summed E-state index contributed by atoms with van der Waals surface area (Å²) in [7, 11) is 0. The number of aromatic nitrogens is 1. The minimum atomic E-state index is -1.09. The Morgan fingerprint density at radius 2 is 1.79 bits per heavy atom. The van der Waals surface area contributed by atoms with Gasteiger partial charge in [-0.05, 0) is 60.4 Å². The third-order valence-corrected chi connectivity index (χ3v) is 7.29. The molecule has 1 saturated heterocycles. The van der Waals surface area contributed by atoms with Crippen LogP contribution < -0.4 is 10.6 Å². The van der Waals surface area contributed by atoms with Crippen molar-refractivity contribution in [1.29, 1.82) is 0 Å². The third-order valence-electron chi connectivity index (χ3n) is 7.29. The number of nitrogens with zero attached hydrogens (tertiary/aromatic N) is 1. The Labute approximate surface area is 227 Å². The summed E-state index contributed by atoms with van der Waals surface area (Å²) in [6.07, 6.45) is 0.328. The van der Waals surface area contributed by atoms with E-state index in [1.165, 1.54) is 23.8 Å². The van der Waals surface area contributed by atoms with Gasteiger partial charge < -0.3 is 25.0 Å². The van der Waals surface area contributed by atoms with Gasteiger partial charge in [0.2, 0.25) is 5.76 Å². The van der Waals surface area contributed by atoms with E-state index >= 15 is 0 Å². The topological polar surface area (TPSA) is 96.6 Å². The summed E-state index contributed by atoms with van der Waals surface area (Å²) in [5.41, 5.74) is 2.68. The lowest BCUT2D eigenvalue weighted by Crippen LogP contribution is -2.54. The Morgan fingerprint density at radius 3 is 2.41 bits per heavy atom. The van der Waals surface area contributed by atoms with Gasteiger partial charge in [0.15, 0.2) is 0 Å². The van der Waals surface area contributed by atoms with E-state index < -0.39 is 35.2 Å². The lowest BCUT2D eigenvalue weighted by molar-refractivity contribution is 0.0266. The number of benzene rings is 2. The average molecular weight is 542 g/mol. The maximum atomic E-state index is 13.9. The summed E-state index contributed by atoms with van der Waals surface area (Å²) in [4.78, 5) is 12.9. The average Bonchev–Trinajstić information content (AvgIpc) is 3.33. The first-order chi connectivity index (χ1) is 18.4. The standard InChI is InChI=1S/C30H37F2N3O4/c1-19-12-27(39-35-19)28(37)34-25(15-20-13-23(31)17-24(32)14-20)26(36)18-33-30(8-10-38-11-9-30)22-7-5-6-21(16-22)29(2,3)4/h5-7,12-14,16-17,25-26,33,36H,8-11,15,18H2,1-4H3,(H,34,37). The molecule has 3 aromatic rings. The van der Waals surface area contributed by atoms with E-state index in [4.69, 9.17) is 9.26 Å². The molecule has 1 amide bonds. The SMILES string of the molecule is Cc1cc(C(=O)NC(Cc2cc(F)cc(F)c2)C(O)CNC2(c3cccc(C(C)(C)C)c3)CCOCC2)on1. The van der Waals surface area contributed by atoms with Gasteiger partial charge in [-0.2, -0.15) is 0 Å². The van der Waals surface area contributed by atoms with Crippen LogP contribution in [0, 0.1) is 18.6 Å². The molecule has 2 heterocycles. The van der Waals surface area contributed by atoms with Crippen molar-refractivity contribution in [2.24, 2.45) is 0 Å². The third kappa shape index (κ3) is 7.29. The minimum absolute atomic E-state index is 0.00596. The molecule has 2 atom stereocenters. The van der Waals surface area contributed by atoms with E-state index in [1.54, 1.807) is 6.92 Å². The fourth-order valence-electron chi connectivity index (χ4n) is 4.99. The molecule has 210 valence electrons. The minimum Gasteiger partial charge on any atom is -0.390 e. The van der Waals surface area contributed by atoms with Crippen molar-refractivity contribution in [2.45, 2.75) is 70.1 Å². The predicted octanol–water partition coefficient (Wildman–Crippen LogP) is 4.56. The molecule has 2 unspecified atom stereocenters. The van der Waals surface area contributed by atoms with Crippen molar-refractivity contribution >= 4 is 5.91 Å². The number of halogens is 2. The molecule has 1 fully saturated rings. The molecule has 2 aromatic carbocycles. The smallest absolute Gasteiger partial charge is 0.290 e. The van der Waals surface area contributed by atoms with Gasteiger partial charge in [-0.3, -0.25) is 4.79 Å². The zero-order valence-electron chi connectivity index (χ0n) is 22.9. The number of nitrogens with one attached hydrogen (secondary N) is 2. The van der Waals surface area contributed by atoms with Crippen molar-refractivity contribution < 1.29 is 27.9 Å². The van der Waals surface area contributed by atoms with E-state index in [0.29, 0.717) is 37.3 Å². The molecule has 1 aromatic heterocycles. The Hall–Kier alpha value is -3.14. The van der Waals surface area contributed by atoms with Gasteiger partial charge in [0, 0.05) is 37.4 Å². The van der Waals surface area contributed by atoms with Crippen LogP contribution in [-0.2, 0) is 22.1 Å². The number of aryl methyl sites for hydroxylation is 1. The normalized spacial score (nSPS) is 17.0. The predicted molar refractivity (Wildman–Crippen MR) is 143 cm³/mol. The largest absolute Gasteiger partial charge is 0.390 e. The zero-order chi connectivity index (χ0) is 28.2. The van der Waals surface area contributed by atoms with Crippen LogP contribution in [0.5, 0.6) is 0 Å². The number of ether oxygens (including phenoxy) is 1. The maximum Gasteiger partial charge on any atom is 0.290 e. The highest BCUT2D eigenvalue weighted by atomic mass is 19.1. The molecule has 0 bridgehead atoms. The zero-order valence-corrected chi connectivity index (χ0v) is 22.9. The number of rotatable bonds is 9. The highest BCUT2D eigenvalue weighted by molar-refractivity contribution is 5.91. The second-order valence-corrected chi connectivity index (χ2v) is 11.4. The first-order valence-corrected chi connectivity index (χ1v) is 13.3. The monoisotopic (exact) mass is 541 g/mol. The van der Waals surface area contributed by atoms with Crippen molar-refractivity contribution in [3.63, 3.8) is 0 Å². The highest BCUT2D eigenvalue weighted by Gasteiger charge is 2.36. The first-order valence-electron chi connectivity index (χ1n) is 13.3. The quantitative estimate of drug-likeness (QED) is 0.368. The van der Waals surface area contributed by atoms with Gasteiger partial charge in [-0.1, -0.05) is 50.2 Å². The Bertz CT molecular complexity index is 1260. The molecule has 1 aliphatic rings. The number of hydrogen-bond acceptors (Lipinski definition) is 6. The van der Waals surface area contributed by atoms with E-state index in [2.05, 4.69) is 54.8 Å². The summed E-state index contributed by atoms with van der Waals surface area (Å²) >= 11 is 0. The Morgan fingerprint density at radius 1 is 1.10 bits per heavy atom. The lowest BCUT2D eigenvalue weighted by Gasteiger charge is -2.40. The number of hydrogen-bond donors (Lipinski definition) is 3. The molecule has 0 spiro atoms. The number of carbonyl (C=O) groups excluding carboxylic acids is 1. The summed E-state index contributed by atoms with van der Waals surface area (Å²) in [5.74, 6) is -2.04. The molecule has 4 rings (SSSR count). The van der Waals surface area contributed by atoms with Gasteiger partial charge in [0.05, 0.1) is 17.8 Å². The van der Waals surface area contributed by atoms with E-state index in [9.17, 15) is 18.7 Å². The molecular formula is C30H37F2N3O4. The van der Waals surface area contributed by atoms with Gasteiger partial charge in [0.25, 0.3) is 5.91 Å². The van der Waals surface area contributed by atoms with Crippen molar-refractivity contribution in [3.05, 3.63) is 88.3 Å². The van der Waals surface area contributed by atoms with Gasteiger partial charge in [0.1, 0.15) is 11.6 Å². The van der Waals surface area contributed by atoms with Crippen LogP contribution in [0.4, 0.5) is 8.78 Å². The second-order valence-electron chi connectivity index (χ2n) is 11.4. The van der Waals surface area contributed by atoms with Crippen molar-refractivity contribution in [3.8, 4) is 0 Å². The molecule has 3 N–H and O–H groups in total. The summed E-state index contributed by atoms with van der Waals surface area (Å²) in [6.45, 7) is 9.44. The summed E-state index contributed by atoms with van der Waals surface area (Å²) in [6, 6.07) is 12.2. The first kappa shape index (κ1) is 28.9. The number of amides is 1. The van der Waals surface area contributed by atoms with Gasteiger partial charge in [-0.25, -0.2) is 8.78 Å². The van der Waals surface area contributed by atoms with Crippen LogP contribution in [0.3, 0.4) is 0 Å². The molecule has 0 saturated carbocycles. The fraction of sp³-hybridized carbons (Fsp3) is 0.467. The lowest BCUT2D eigenvalue weighted by atomic mass is 9.78. The fourth-order valence-corrected chi connectivity index (χ4v) is 4.99. The second kappa shape index (κ2) is 11.9. The van der Waals surface area contributed by atoms with Crippen LogP contribution in [-0.4, -0.2) is 48.1 Å². The van der Waals surface area contributed by atoms with Crippen molar-refractivity contribution in [2.75, 3.05) is 19.8 Å². The molecule has 7 nitrogen and oxygen atoms in total. The van der Waals surface area contributed by atoms with Crippen LogP contribution in [0.15, 0.2) is 53.1 Å². The van der Waals surface area contributed by atoms with Crippen LogP contribution in [0.1, 0.15) is 66.6 Å². The van der Waals surface area contributed by atoms with Crippen LogP contribution in [0.25, 0.3) is 0 Å². The summed E-state index contributed by atoms with van der Waals surface area (Å²) < 4.78 is 38.6. The molecular weight excluding hydrogens is 504 g/mol. The number of aliphatic hydroxyl groups excluding tert-OH is 1. The molecule has 9 heteroatoms. The molecule has 0 aliphatic carbocycles. The maximum absolute atomic E-state index is 13.9. The van der Waals surface area contributed by atoms with Crippen molar-refractivity contribution in [1.82, 2.24) is 15.8 Å². The molecule has 39 heavy (non-hydrogen) atoms. The number of carbonyl (C=O) groups is 1. The van der Waals surface area contributed by atoms with Crippen LogP contribution >= 0.6 is 0 Å². The highest BCUT2D eigenvalue weighted by Crippen LogP contribution is 2.35. The van der Waals surface area contributed by atoms with Gasteiger partial charge in [-0.15, -0.1) is 0 Å². The number of aliphatic hydroxyl groups is 1.